The Hall–Kier alpha value is -3.82. The molecule has 1 heterocycles. The maximum Gasteiger partial charge on any atom is 0.337 e. The van der Waals surface area contributed by atoms with Crippen LogP contribution in [-0.4, -0.2) is 56.7 Å². The molecule has 0 N–H and O–H groups in total. The van der Waals surface area contributed by atoms with Crippen LogP contribution in [0.1, 0.15) is 16.7 Å². The summed E-state index contributed by atoms with van der Waals surface area (Å²) in [6.07, 6.45) is -0.803. The number of esters is 2. The van der Waals surface area contributed by atoms with Gasteiger partial charge in [0.25, 0.3) is 0 Å². The minimum absolute atomic E-state index is 0.240. The van der Waals surface area contributed by atoms with Crippen LogP contribution in [-0.2, 0) is 57.8 Å². The van der Waals surface area contributed by atoms with Crippen molar-refractivity contribution in [3.05, 3.63) is 120 Å². The van der Waals surface area contributed by atoms with Crippen LogP contribution in [0, 0.1) is 0 Å². The third-order valence-corrected chi connectivity index (χ3v) is 6.41. The highest BCUT2D eigenvalue weighted by atomic mass is 16.7. The molecule has 0 unspecified atom stereocenters. The molecule has 210 valence electrons. The van der Waals surface area contributed by atoms with Crippen molar-refractivity contribution < 1.29 is 38.0 Å². The molecule has 8 nitrogen and oxygen atoms in total. The molecule has 1 aliphatic heterocycles. The van der Waals surface area contributed by atoms with E-state index in [1.807, 2.05) is 91.0 Å². The molecular weight excluding hydrogens is 512 g/mol. The lowest BCUT2D eigenvalue weighted by Crippen LogP contribution is -2.46. The molecule has 0 bridgehead atoms. The third kappa shape index (κ3) is 8.59. The van der Waals surface area contributed by atoms with Gasteiger partial charge < -0.3 is 28.4 Å². The number of hydrogen-bond acceptors (Lipinski definition) is 8. The van der Waals surface area contributed by atoms with Crippen LogP contribution in [0.5, 0.6) is 0 Å². The standard InChI is InChI=1S/C32H34O8/c1-35-27(33)19-18-26(37-20-23-12-6-3-7-13-23)28(38-21-24-14-8-4-9-15-24)29(30-31(40-30)32(34)36-2)39-22-25-16-10-5-11-17-25/h3-19,26,28-31H,20-22H2,1-2H3/b19-18+/t26-,28+,29-,30-,31+/m1/s1. The Bertz CT molecular complexity index is 1220. The largest absolute Gasteiger partial charge is 0.467 e. The lowest BCUT2D eigenvalue weighted by Gasteiger charge is -2.32. The normalized spacial score (nSPS) is 18.6. The summed E-state index contributed by atoms with van der Waals surface area (Å²) in [4.78, 5) is 24.4. The van der Waals surface area contributed by atoms with E-state index >= 15 is 0 Å². The van der Waals surface area contributed by atoms with Crippen LogP contribution in [0.2, 0.25) is 0 Å². The minimum atomic E-state index is -0.798. The van der Waals surface area contributed by atoms with Crippen LogP contribution in [0.25, 0.3) is 0 Å². The van der Waals surface area contributed by atoms with Crippen molar-refractivity contribution in [3.8, 4) is 0 Å². The van der Waals surface area contributed by atoms with E-state index in [-0.39, 0.29) is 19.8 Å². The summed E-state index contributed by atoms with van der Waals surface area (Å²) in [5.41, 5.74) is 2.82. The predicted molar refractivity (Wildman–Crippen MR) is 147 cm³/mol. The molecule has 3 aromatic carbocycles. The van der Waals surface area contributed by atoms with E-state index in [1.54, 1.807) is 6.08 Å². The van der Waals surface area contributed by atoms with E-state index in [0.717, 1.165) is 16.7 Å². The zero-order valence-corrected chi connectivity index (χ0v) is 22.6. The lowest BCUT2D eigenvalue weighted by molar-refractivity contribution is -0.146. The molecule has 0 amide bonds. The van der Waals surface area contributed by atoms with Crippen molar-refractivity contribution in [2.45, 2.75) is 50.3 Å². The second-order valence-corrected chi connectivity index (χ2v) is 9.21. The molecule has 40 heavy (non-hydrogen) atoms. The highest BCUT2D eigenvalue weighted by molar-refractivity contribution is 5.81. The average Bonchev–Trinajstić information content (AvgIpc) is 3.81. The number of hydrogen-bond donors (Lipinski definition) is 0. The van der Waals surface area contributed by atoms with Crippen LogP contribution in [0.15, 0.2) is 103 Å². The van der Waals surface area contributed by atoms with E-state index < -0.39 is 42.5 Å². The van der Waals surface area contributed by atoms with E-state index in [4.69, 9.17) is 28.4 Å². The summed E-state index contributed by atoms with van der Waals surface area (Å²) >= 11 is 0. The van der Waals surface area contributed by atoms with Crippen molar-refractivity contribution in [2.24, 2.45) is 0 Å². The molecule has 0 spiro atoms. The van der Waals surface area contributed by atoms with E-state index in [0.29, 0.717) is 0 Å². The number of methoxy groups -OCH3 is 2. The monoisotopic (exact) mass is 546 g/mol. The molecule has 0 saturated carbocycles. The zero-order chi connectivity index (χ0) is 28.2. The van der Waals surface area contributed by atoms with Crippen molar-refractivity contribution >= 4 is 11.9 Å². The Labute approximate surface area is 234 Å². The Morgan fingerprint density at radius 3 is 1.73 bits per heavy atom. The fourth-order valence-corrected chi connectivity index (χ4v) is 4.23. The number of ether oxygens (including phenoxy) is 6. The Morgan fingerprint density at radius 2 is 1.23 bits per heavy atom. The molecule has 4 rings (SSSR count). The summed E-state index contributed by atoms with van der Waals surface area (Å²) < 4.78 is 34.7. The van der Waals surface area contributed by atoms with E-state index in [1.165, 1.54) is 20.3 Å². The highest BCUT2D eigenvalue weighted by Gasteiger charge is 2.55. The molecule has 3 aromatic rings. The first-order chi connectivity index (χ1) is 19.6. The Morgan fingerprint density at radius 1 is 0.725 bits per heavy atom. The molecule has 1 fully saturated rings. The number of rotatable bonds is 15. The topological polar surface area (TPSA) is 92.8 Å². The van der Waals surface area contributed by atoms with E-state index in [2.05, 4.69) is 0 Å². The molecule has 0 radical (unpaired) electrons. The molecule has 0 aromatic heterocycles. The van der Waals surface area contributed by atoms with Gasteiger partial charge in [-0.2, -0.15) is 0 Å². The zero-order valence-electron chi connectivity index (χ0n) is 22.6. The fraction of sp³-hybridized carbons (Fsp3) is 0.312. The molecule has 0 aliphatic carbocycles. The van der Waals surface area contributed by atoms with Gasteiger partial charge in [0.2, 0.25) is 0 Å². The predicted octanol–water partition coefficient (Wildman–Crippen LogP) is 4.41. The first kappa shape index (κ1) is 29.2. The van der Waals surface area contributed by atoms with Crippen molar-refractivity contribution in [1.82, 2.24) is 0 Å². The summed E-state index contributed by atoms with van der Waals surface area (Å²) in [5.74, 6) is -1.03. The molecule has 5 atom stereocenters. The maximum atomic E-state index is 12.3. The second-order valence-electron chi connectivity index (χ2n) is 9.21. The van der Waals surface area contributed by atoms with Crippen LogP contribution >= 0.6 is 0 Å². The average molecular weight is 547 g/mol. The van der Waals surface area contributed by atoms with Crippen LogP contribution in [0.4, 0.5) is 0 Å². The van der Waals surface area contributed by atoms with Crippen molar-refractivity contribution in [3.63, 3.8) is 0 Å². The number of carbonyl (C=O) groups excluding carboxylic acids is 2. The highest BCUT2D eigenvalue weighted by Crippen LogP contribution is 2.34. The van der Waals surface area contributed by atoms with Gasteiger partial charge in [-0.25, -0.2) is 9.59 Å². The lowest BCUT2D eigenvalue weighted by atomic mass is 10.0. The molecule has 1 saturated heterocycles. The summed E-state index contributed by atoms with van der Waals surface area (Å²) in [6, 6.07) is 29.0. The Kier molecular flexibility index (Phi) is 11.0. The number of epoxide rings is 1. The van der Waals surface area contributed by atoms with E-state index in [9.17, 15) is 9.59 Å². The maximum absolute atomic E-state index is 12.3. The SMILES string of the molecule is COC(=O)/C=C/[C@@H](OCc1ccccc1)[C@H](OCc1ccccc1)[C@@H](OCc1ccccc1)[C@H]1O[C@@H]1C(=O)OC. The summed E-state index contributed by atoms with van der Waals surface area (Å²) in [6.45, 7) is 0.736. The van der Waals surface area contributed by atoms with Gasteiger partial charge in [0.05, 0.1) is 34.0 Å². The van der Waals surface area contributed by atoms with Crippen LogP contribution in [0.3, 0.4) is 0 Å². The fourth-order valence-electron chi connectivity index (χ4n) is 4.23. The summed E-state index contributed by atoms with van der Waals surface area (Å²) in [7, 11) is 2.62. The van der Waals surface area contributed by atoms with Gasteiger partial charge in [-0.15, -0.1) is 0 Å². The van der Waals surface area contributed by atoms with Crippen molar-refractivity contribution in [1.29, 1.82) is 0 Å². The Balaban J connectivity index is 1.65. The van der Waals surface area contributed by atoms with Gasteiger partial charge in [0.1, 0.15) is 24.4 Å². The van der Waals surface area contributed by atoms with Gasteiger partial charge in [-0.1, -0.05) is 91.0 Å². The molecule has 8 heteroatoms. The third-order valence-electron chi connectivity index (χ3n) is 6.41. The van der Waals surface area contributed by atoms with Gasteiger partial charge >= 0.3 is 11.9 Å². The molecular formula is C32H34O8. The van der Waals surface area contributed by atoms with Gasteiger partial charge in [0, 0.05) is 6.08 Å². The minimum Gasteiger partial charge on any atom is -0.467 e. The first-order valence-electron chi connectivity index (χ1n) is 13.0. The second kappa shape index (κ2) is 15.1. The van der Waals surface area contributed by atoms with Gasteiger partial charge in [0.15, 0.2) is 6.10 Å². The smallest absolute Gasteiger partial charge is 0.337 e. The quantitative estimate of drug-likeness (QED) is 0.157. The van der Waals surface area contributed by atoms with Gasteiger partial charge in [-0.3, -0.25) is 0 Å². The number of benzene rings is 3. The van der Waals surface area contributed by atoms with Gasteiger partial charge in [-0.05, 0) is 22.8 Å². The number of carbonyl (C=O) groups is 2. The first-order valence-corrected chi connectivity index (χ1v) is 13.0. The summed E-state index contributed by atoms with van der Waals surface area (Å²) in [5, 5.41) is 0. The molecule has 1 aliphatic rings. The van der Waals surface area contributed by atoms with Crippen LogP contribution < -0.4 is 0 Å². The van der Waals surface area contributed by atoms with Crippen molar-refractivity contribution in [2.75, 3.05) is 14.2 Å².